The molecular weight excluding hydrogens is 829 g/mol. The van der Waals surface area contributed by atoms with Crippen LogP contribution in [0.15, 0.2) is 36.5 Å². The Balaban J connectivity index is 4.32. The van der Waals surface area contributed by atoms with E-state index in [2.05, 4.69) is 57.2 Å². The molecule has 0 aliphatic rings. The second kappa shape index (κ2) is 56.2. The number of hydrogen-bond donors (Lipinski definition) is 0. The third-order valence-corrected chi connectivity index (χ3v) is 13.1. The van der Waals surface area contributed by atoms with Crippen LogP contribution in [0.2, 0.25) is 0 Å². The summed E-state index contributed by atoms with van der Waals surface area (Å²) in [7, 11) is 0. The topological polar surface area (TPSA) is 78.9 Å². The molecule has 6 nitrogen and oxygen atoms in total. The lowest BCUT2D eigenvalue weighted by atomic mass is 10.0. The van der Waals surface area contributed by atoms with Crippen molar-refractivity contribution >= 4 is 17.9 Å². The molecule has 1 atom stereocenters. The molecule has 0 aromatic carbocycles. The Hall–Kier alpha value is -2.37. The fraction of sp³-hybridized carbons (Fsp3) is 0.852. The Morgan fingerprint density at radius 2 is 0.567 bits per heavy atom. The van der Waals surface area contributed by atoms with Crippen LogP contribution in [0, 0.1) is 0 Å². The third kappa shape index (κ3) is 54.4. The maximum Gasteiger partial charge on any atom is 0.306 e. The van der Waals surface area contributed by atoms with Crippen LogP contribution in [-0.2, 0) is 28.6 Å². The van der Waals surface area contributed by atoms with Gasteiger partial charge in [-0.3, -0.25) is 14.4 Å². The fourth-order valence-corrected chi connectivity index (χ4v) is 8.65. The van der Waals surface area contributed by atoms with Gasteiger partial charge in [0.2, 0.25) is 0 Å². The molecule has 1 unspecified atom stereocenters. The number of allylic oxidation sites excluding steroid dienone is 6. The number of unbranched alkanes of at least 4 members (excludes halogenated alkanes) is 37. The fourth-order valence-electron chi connectivity index (χ4n) is 8.65. The minimum atomic E-state index is -0.777. The highest BCUT2D eigenvalue weighted by atomic mass is 16.6. The summed E-state index contributed by atoms with van der Waals surface area (Å²) >= 11 is 0. The van der Waals surface area contributed by atoms with Crippen LogP contribution in [0.1, 0.15) is 316 Å². The highest BCUT2D eigenvalue weighted by Gasteiger charge is 2.19. The zero-order valence-electron chi connectivity index (χ0n) is 44.9. The molecule has 6 heteroatoms. The van der Waals surface area contributed by atoms with Gasteiger partial charge in [0.25, 0.3) is 0 Å². The van der Waals surface area contributed by atoms with Crippen LogP contribution < -0.4 is 0 Å². The van der Waals surface area contributed by atoms with Crippen molar-refractivity contribution in [3.63, 3.8) is 0 Å². The van der Waals surface area contributed by atoms with Crippen molar-refractivity contribution in [2.24, 2.45) is 0 Å². The van der Waals surface area contributed by atoms with Gasteiger partial charge in [-0.15, -0.1) is 0 Å². The Labute approximate surface area is 416 Å². The summed E-state index contributed by atoms with van der Waals surface area (Å²) in [6.45, 7) is 6.60. The average Bonchev–Trinajstić information content (AvgIpc) is 3.33. The van der Waals surface area contributed by atoms with Crippen molar-refractivity contribution in [1.82, 2.24) is 0 Å². The first-order valence-corrected chi connectivity index (χ1v) is 29.5. The smallest absolute Gasteiger partial charge is 0.306 e. The summed E-state index contributed by atoms with van der Waals surface area (Å²) in [5.41, 5.74) is 0. The summed E-state index contributed by atoms with van der Waals surface area (Å²) in [5.74, 6) is -0.876. The Kier molecular flexibility index (Phi) is 54.2. The summed E-state index contributed by atoms with van der Waals surface area (Å²) in [6.07, 6.45) is 67.1. The van der Waals surface area contributed by atoms with Gasteiger partial charge in [-0.25, -0.2) is 0 Å². The van der Waals surface area contributed by atoms with Gasteiger partial charge >= 0.3 is 17.9 Å². The zero-order valence-corrected chi connectivity index (χ0v) is 44.9. The molecule has 0 radical (unpaired) electrons. The number of rotatable bonds is 54. The van der Waals surface area contributed by atoms with Gasteiger partial charge in [-0.05, 0) is 70.6 Å². The van der Waals surface area contributed by atoms with Crippen LogP contribution in [0.4, 0.5) is 0 Å². The van der Waals surface area contributed by atoms with Gasteiger partial charge in [-0.2, -0.15) is 0 Å². The van der Waals surface area contributed by atoms with Crippen molar-refractivity contribution in [2.75, 3.05) is 13.2 Å². The van der Waals surface area contributed by atoms with Crippen molar-refractivity contribution < 1.29 is 28.6 Å². The van der Waals surface area contributed by atoms with E-state index in [9.17, 15) is 14.4 Å². The van der Waals surface area contributed by atoms with E-state index in [1.54, 1.807) is 0 Å². The summed E-state index contributed by atoms with van der Waals surface area (Å²) in [6, 6.07) is 0. The average molecular weight is 942 g/mol. The Morgan fingerprint density at radius 1 is 0.299 bits per heavy atom. The van der Waals surface area contributed by atoms with E-state index >= 15 is 0 Å². The molecule has 0 aliphatic carbocycles. The van der Waals surface area contributed by atoms with Crippen molar-refractivity contribution in [1.29, 1.82) is 0 Å². The summed E-state index contributed by atoms with van der Waals surface area (Å²) in [4.78, 5) is 38.2. The molecule has 0 amide bonds. The number of hydrogen-bond acceptors (Lipinski definition) is 6. The minimum Gasteiger partial charge on any atom is -0.462 e. The van der Waals surface area contributed by atoms with E-state index in [1.807, 2.05) is 0 Å². The number of esters is 3. The molecule has 0 heterocycles. The Bertz CT molecular complexity index is 1130. The predicted molar refractivity (Wildman–Crippen MR) is 289 cm³/mol. The number of carbonyl (C=O) groups is 3. The van der Waals surface area contributed by atoms with Crippen LogP contribution in [-0.4, -0.2) is 37.2 Å². The van der Waals surface area contributed by atoms with Gasteiger partial charge < -0.3 is 14.2 Å². The van der Waals surface area contributed by atoms with Gasteiger partial charge in [-0.1, -0.05) is 263 Å². The quantitative estimate of drug-likeness (QED) is 0.0262. The van der Waals surface area contributed by atoms with E-state index in [4.69, 9.17) is 14.2 Å². The molecule has 0 saturated carbocycles. The van der Waals surface area contributed by atoms with Crippen molar-refractivity contribution in [2.45, 2.75) is 322 Å². The lowest BCUT2D eigenvalue weighted by molar-refractivity contribution is -0.167. The lowest BCUT2D eigenvalue weighted by Crippen LogP contribution is -2.30. The maximum atomic E-state index is 12.9. The molecule has 0 rings (SSSR count). The Morgan fingerprint density at radius 3 is 0.896 bits per heavy atom. The molecule has 392 valence electrons. The van der Waals surface area contributed by atoms with E-state index in [1.165, 1.54) is 193 Å². The van der Waals surface area contributed by atoms with Crippen molar-refractivity contribution in [3.05, 3.63) is 36.5 Å². The monoisotopic (exact) mass is 941 g/mol. The molecule has 0 aromatic heterocycles. The maximum absolute atomic E-state index is 12.9. The first-order valence-electron chi connectivity index (χ1n) is 29.5. The van der Waals surface area contributed by atoms with E-state index < -0.39 is 6.10 Å². The second-order valence-corrected chi connectivity index (χ2v) is 19.9. The largest absolute Gasteiger partial charge is 0.462 e. The van der Waals surface area contributed by atoms with Crippen molar-refractivity contribution in [3.8, 4) is 0 Å². The molecule has 0 aliphatic heterocycles. The molecule has 0 N–H and O–H groups in total. The molecule has 0 spiro atoms. The predicted octanol–water partition coefficient (Wildman–Crippen LogP) is 19.7. The van der Waals surface area contributed by atoms with Crippen LogP contribution >= 0.6 is 0 Å². The third-order valence-electron chi connectivity index (χ3n) is 13.1. The molecule has 0 fully saturated rings. The van der Waals surface area contributed by atoms with Crippen LogP contribution in [0.25, 0.3) is 0 Å². The van der Waals surface area contributed by atoms with Gasteiger partial charge in [0, 0.05) is 19.3 Å². The lowest BCUT2D eigenvalue weighted by Gasteiger charge is -2.18. The van der Waals surface area contributed by atoms with Gasteiger partial charge in [0.1, 0.15) is 13.2 Å². The standard InChI is InChI=1S/C61H112O6/c1-4-7-10-13-16-19-22-25-27-29-30-32-33-36-39-42-45-48-51-54-60(63)66-57-58(56-65-59(62)53-50-47-44-41-38-35-24-21-18-15-12-9-6-3)67-61(64)55-52-49-46-43-40-37-34-31-28-26-23-20-17-14-11-8-5-2/h12,15,21,24,26,28,58H,4-11,13-14,16-20,22-23,25,27,29-57H2,1-3H3/b15-12-,24-21-,28-26-. The first-order chi connectivity index (χ1) is 33.0. The summed E-state index contributed by atoms with van der Waals surface area (Å²) < 4.78 is 16.9. The first kappa shape index (κ1) is 64.6. The van der Waals surface area contributed by atoms with Crippen LogP contribution in [0.5, 0.6) is 0 Å². The molecule has 0 aromatic rings. The highest BCUT2D eigenvalue weighted by molar-refractivity contribution is 5.71. The van der Waals surface area contributed by atoms with Crippen LogP contribution in [0.3, 0.4) is 0 Å². The second-order valence-electron chi connectivity index (χ2n) is 19.9. The van der Waals surface area contributed by atoms with E-state index in [0.29, 0.717) is 19.3 Å². The number of ether oxygens (including phenoxy) is 3. The zero-order chi connectivity index (χ0) is 48.6. The normalized spacial score (nSPS) is 12.2. The molecule has 0 saturated heterocycles. The molecule has 67 heavy (non-hydrogen) atoms. The SMILES string of the molecule is CCC/C=C\C/C=C\CCCCCCCC(=O)OCC(COC(=O)CCCCCCCCCCCCCCCCCCCCC)OC(=O)CCCCCCCCC/C=C\CCCCCCCC. The molecular formula is C61H112O6. The summed E-state index contributed by atoms with van der Waals surface area (Å²) in [5, 5.41) is 0. The van der Waals surface area contributed by atoms with Gasteiger partial charge in [0.15, 0.2) is 6.10 Å². The number of carbonyl (C=O) groups excluding carboxylic acids is 3. The van der Waals surface area contributed by atoms with E-state index in [0.717, 1.165) is 83.5 Å². The highest BCUT2D eigenvalue weighted by Crippen LogP contribution is 2.17. The van der Waals surface area contributed by atoms with E-state index in [-0.39, 0.29) is 31.1 Å². The molecule has 0 bridgehead atoms. The minimum absolute atomic E-state index is 0.0747. The van der Waals surface area contributed by atoms with Gasteiger partial charge in [0.05, 0.1) is 0 Å².